The fraction of sp³-hybridized carbons (Fsp3) is 0.263. The van der Waals surface area contributed by atoms with Crippen molar-refractivity contribution < 1.29 is 9.59 Å². The Morgan fingerprint density at radius 3 is 2.40 bits per heavy atom. The van der Waals surface area contributed by atoms with Gasteiger partial charge in [-0.05, 0) is 38.1 Å². The van der Waals surface area contributed by atoms with Crippen LogP contribution >= 0.6 is 11.8 Å². The van der Waals surface area contributed by atoms with Gasteiger partial charge < -0.3 is 16.0 Å². The monoisotopic (exact) mass is 357 g/mol. The molecule has 2 aromatic carbocycles. The normalized spacial score (nSPS) is 11.4. The van der Waals surface area contributed by atoms with Crippen molar-refractivity contribution in [3.05, 3.63) is 60.2 Å². The molecule has 3 N–H and O–H groups in total. The molecule has 0 unspecified atom stereocenters. The highest BCUT2D eigenvalue weighted by atomic mass is 32.2. The Hall–Kier alpha value is -2.47. The summed E-state index contributed by atoms with van der Waals surface area (Å²) in [7, 11) is 0. The van der Waals surface area contributed by atoms with Gasteiger partial charge in [0.05, 0.1) is 0 Å². The number of hydrogen-bond donors (Lipinski definition) is 3. The van der Waals surface area contributed by atoms with Crippen molar-refractivity contribution in [2.45, 2.75) is 24.8 Å². The Morgan fingerprint density at radius 2 is 1.72 bits per heavy atom. The average Bonchev–Trinajstić information content (AvgIpc) is 2.60. The Morgan fingerprint density at radius 1 is 1.04 bits per heavy atom. The number of rotatable bonds is 7. The van der Waals surface area contributed by atoms with Gasteiger partial charge in [-0.25, -0.2) is 4.79 Å². The third-order valence-corrected chi connectivity index (χ3v) is 4.48. The van der Waals surface area contributed by atoms with E-state index in [0.29, 0.717) is 12.2 Å². The number of nitrogens with one attached hydrogen (secondary N) is 3. The zero-order valence-corrected chi connectivity index (χ0v) is 15.2. The lowest BCUT2D eigenvalue weighted by Gasteiger charge is -2.14. The van der Waals surface area contributed by atoms with Crippen molar-refractivity contribution in [3.8, 4) is 0 Å². The summed E-state index contributed by atoms with van der Waals surface area (Å²) in [5.41, 5.74) is 1.91. The number of hydrogen-bond acceptors (Lipinski definition) is 3. The van der Waals surface area contributed by atoms with Crippen LogP contribution in [-0.2, 0) is 4.79 Å². The highest BCUT2D eigenvalue weighted by Crippen LogP contribution is 2.17. The van der Waals surface area contributed by atoms with E-state index in [-0.39, 0.29) is 5.91 Å². The van der Waals surface area contributed by atoms with E-state index in [4.69, 9.17) is 0 Å². The van der Waals surface area contributed by atoms with Crippen molar-refractivity contribution in [2.24, 2.45) is 0 Å². The summed E-state index contributed by atoms with van der Waals surface area (Å²) in [6.07, 6.45) is 0. The van der Waals surface area contributed by atoms with Crippen molar-refractivity contribution in [3.63, 3.8) is 0 Å². The Balaban J connectivity index is 1.65. The number of para-hydroxylation sites is 1. The third kappa shape index (κ3) is 6.89. The second-order valence-corrected chi connectivity index (χ2v) is 6.81. The summed E-state index contributed by atoms with van der Waals surface area (Å²) in [6, 6.07) is 16.4. The Labute approximate surface area is 152 Å². The van der Waals surface area contributed by atoms with E-state index < -0.39 is 12.1 Å². The van der Waals surface area contributed by atoms with Gasteiger partial charge in [0, 0.05) is 22.9 Å². The number of anilines is 1. The minimum absolute atomic E-state index is 0.201. The molecule has 2 rings (SSSR count). The number of urea groups is 1. The smallest absolute Gasteiger partial charge is 0.319 e. The summed E-state index contributed by atoms with van der Waals surface area (Å²) >= 11 is 1.68. The van der Waals surface area contributed by atoms with Gasteiger partial charge in [-0.15, -0.1) is 11.8 Å². The van der Waals surface area contributed by atoms with Crippen LogP contribution in [0.1, 0.15) is 12.5 Å². The number of carbonyl (C=O) groups is 2. The fourth-order valence-electron chi connectivity index (χ4n) is 2.08. The summed E-state index contributed by atoms with van der Waals surface area (Å²) in [6.45, 7) is 4.26. The summed E-state index contributed by atoms with van der Waals surface area (Å²) in [4.78, 5) is 25.1. The van der Waals surface area contributed by atoms with Gasteiger partial charge in [0.2, 0.25) is 5.91 Å². The van der Waals surface area contributed by atoms with E-state index in [1.165, 1.54) is 10.5 Å². The Kier molecular flexibility index (Phi) is 7.35. The molecule has 5 nitrogen and oxygen atoms in total. The van der Waals surface area contributed by atoms with E-state index in [1.807, 2.05) is 18.2 Å². The number of amides is 3. The van der Waals surface area contributed by atoms with Crippen molar-refractivity contribution in [1.29, 1.82) is 0 Å². The predicted molar refractivity (Wildman–Crippen MR) is 103 cm³/mol. The standard InChI is InChI=1S/C19H23N3O2S/c1-14-8-10-17(11-9-14)25-13-12-20-18(23)15(2)21-19(24)22-16-6-4-3-5-7-16/h3-11,15H,12-13H2,1-2H3,(H,20,23)(H2,21,22,24)/t15-/m1/s1. The molecular weight excluding hydrogens is 334 g/mol. The molecule has 3 amide bonds. The molecule has 0 aliphatic heterocycles. The van der Waals surface area contributed by atoms with Gasteiger partial charge in [0.25, 0.3) is 0 Å². The summed E-state index contributed by atoms with van der Waals surface area (Å²) < 4.78 is 0. The number of aryl methyl sites for hydroxylation is 1. The van der Waals surface area contributed by atoms with Crippen LogP contribution in [0.15, 0.2) is 59.5 Å². The molecule has 0 saturated heterocycles. The first-order valence-electron chi connectivity index (χ1n) is 8.14. The van der Waals surface area contributed by atoms with Gasteiger partial charge in [-0.1, -0.05) is 35.9 Å². The second-order valence-electron chi connectivity index (χ2n) is 5.64. The largest absolute Gasteiger partial charge is 0.353 e. The number of carbonyl (C=O) groups excluding carboxylic acids is 2. The van der Waals surface area contributed by atoms with Crippen molar-refractivity contribution >= 4 is 29.4 Å². The van der Waals surface area contributed by atoms with Crippen LogP contribution in [0, 0.1) is 6.92 Å². The molecule has 132 valence electrons. The minimum atomic E-state index is -0.604. The molecular formula is C19H23N3O2S. The molecule has 0 spiro atoms. The van der Waals surface area contributed by atoms with E-state index in [2.05, 4.69) is 47.1 Å². The van der Waals surface area contributed by atoms with E-state index in [1.54, 1.807) is 30.8 Å². The SMILES string of the molecule is Cc1ccc(SCCNC(=O)[C@@H](C)NC(=O)Nc2ccccc2)cc1. The first-order chi connectivity index (χ1) is 12.0. The van der Waals surface area contributed by atoms with Crippen LogP contribution in [0.5, 0.6) is 0 Å². The van der Waals surface area contributed by atoms with Crippen LogP contribution in [0.3, 0.4) is 0 Å². The van der Waals surface area contributed by atoms with Crippen molar-refractivity contribution in [2.75, 3.05) is 17.6 Å². The van der Waals surface area contributed by atoms with Crippen LogP contribution in [-0.4, -0.2) is 30.3 Å². The molecule has 0 aromatic heterocycles. The second kappa shape index (κ2) is 9.74. The molecule has 2 aromatic rings. The zero-order valence-electron chi connectivity index (χ0n) is 14.4. The van der Waals surface area contributed by atoms with Gasteiger partial charge in [-0.3, -0.25) is 4.79 Å². The highest BCUT2D eigenvalue weighted by molar-refractivity contribution is 7.99. The summed E-state index contributed by atoms with van der Waals surface area (Å²) in [5.74, 6) is 0.574. The first kappa shape index (κ1) is 18.9. The molecule has 0 radical (unpaired) electrons. The number of benzene rings is 2. The van der Waals surface area contributed by atoms with Crippen molar-refractivity contribution in [1.82, 2.24) is 10.6 Å². The minimum Gasteiger partial charge on any atom is -0.353 e. The predicted octanol–water partition coefficient (Wildman–Crippen LogP) is 3.41. The van der Waals surface area contributed by atoms with Gasteiger partial charge in [0.15, 0.2) is 0 Å². The lowest BCUT2D eigenvalue weighted by atomic mass is 10.2. The van der Waals surface area contributed by atoms with Crippen LogP contribution in [0.4, 0.5) is 10.5 Å². The molecule has 0 bridgehead atoms. The highest BCUT2D eigenvalue weighted by Gasteiger charge is 2.14. The van der Waals surface area contributed by atoms with E-state index >= 15 is 0 Å². The summed E-state index contributed by atoms with van der Waals surface area (Å²) in [5, 5.41) is 8.14. The lowest BCUT2D eigenvalue weighted by molar-refractivity contribution is -0.122. The van der Waals surface area contributed by atoms with Crippen LogP contribution in [0.25, 0.3) is 0 Å². The maximum atomic E-state index is 12.0. The quantitative estimate of drug-likeness (QED) is 0.525. The fourth-order valence-corrected chi connectivity index (χ4v) is 2.85. The Bertz CT molecular complexity index is 690. The molecule has 0 heterocycles. The molecule has 25 heavy (non-hydrogen) atoms. The molecule has 1 atom stereocenters. The molecule has 6 heteroatoms. The molecule has 0 aliphatic rings. The van der Waals surface area contributed by atoms with E-state index in [9.17, 15) is 9.59 Å². The topological polar surface area (TPSA) is 70.2 Å². The maximum absolute atomic E-state index is 12.0. The molecule has 0 saturated carbocycles. The maximum Gasteiger partial charge on any atom is 0.319 e. The zero-order chi connectivity index (χ0) is 18.1. The van der Waals surface area contributed by atoms with Crippen LogP contribution in [0.2, 0.25) is 0 Å². The lowest BCUT2D eigenvalue weighted by Crippen LogP contribution is -2.46. The first-order valence-corrected chi connectivity index (χ1v) is 9.13. The third-order valence-electron chi connectivity index (χ3n) is 3.46. The van der Waals surface area contributed by atoms with Gasteiger partial charge in [-0.2, -0.15) is 0 Å². The average molecular weight is 357 g/mol. The van der Waals surface area contributed by atoms with Gasteiger partial charge in [0.1, 0.15) is 6.04 Å². The van der Waals surface area contributed by atoms with Crippen LogP contribution < -0.4 is 16.0 Å². The molecule has 0 fully saturated rings. The number of thioether (sulfide) groups is 1. The van der Waals surface area contributed by atoms with E-state index in [0.717, 1.165) is 5.75 Å². The molecule has 0 aliphatic carbocycles. The van der Waals surface area contributed by atoms with Gasteiger partial charge >= 0.3 is 6.03 Å².